The predicted molar refractivity (Wildman–Crippen MR) is 51.0 cm³/mol. The summed E-state index contributed by atoms with van der Waals surface area (Å²) in [5.74, 6) is 5.83. The highest BCUT2D eigenvalue weighted by Gasteiger charge is 2.08. The van der Waals surface area contributed by atoms with Crippen LogP contribution in [-0.2, 0) is 9.53 Å². The summed E-state index contributed by atoms with van der Waals surface area (Å²) in [6, 6.07) is 0. The normalized spacial score (nSPS) is 23.0. The zero-order valence-corrected chi connectivity index (χ0v) is 8.14. The van der Waals surface area contributed by atoms with E-state index in [2.05, 4.69) is 11.8 Å². The average Bonchev–Trinajstić information content (AvgIpc) is 2.17. The number of hydrogen-bond donors (Lipinski definition) is 0. The fourth-order valence-corrected chi connectivity index (χ4v) is 1.44. The maximum atomic E-state index is 10.7. The molecule has 0 bridgehead atoms. The first-order valence-electron chi connectivity index (χ1n) is 4.94. The van der Waals surface area contributed by atoms with Gasteiger partial charge in [0.2, 0.25) is 0 Å². The van der Waals surface area contributed by atoms with Crippen LogP contribution < -0.4 is 0 Å². The van der Waals surface area contributed by atoms with Gasteiger partial charge in [-0.25, -0.2) is 0 Å². The fraction of sp³-hybridized carbons (Fsp3) is 0.727. The van der Waals surface area contributed by atoms with E-state index in [9.17, 15) is 4.79 Å². The highest BCUT2D eigenvalue weighted by molar-refractivity contribution is 5.66. The summed E-state index contributed by atoms with van der Waals surface area (Å²) in [5.41, 5.74) is 0. The molecule has 0 radical (unpaired) electrons. The van der Waals surface area contributed by atoms with Crippen molar-refractivity contribution in [2.24, 2.45) is 0 Å². The molecule has 13 heavy (non-hydrogen) atoms. The number of carbonyl (C=O) groups excluding carboxylic acids is 1. The minimum Gasteiger partial charge on any atom is -0.449 e. The molecule has 1 rings (SSSR count). The monoisotopic (exact) mass is 180 g/mol. The zero-order valence-electron chi connectivity index (χ0n) is 8.14. The predicted octanol–water partition coefficient (Wildman–Crippen LogP) is 2.28. The van der Waals surface area contributed by atoms with Crippen molar-refractivity contribution in [3.8, 4) is 11.8 Å². The second-order valence-corrected chi connectivity index (χ2v) is 3.37. The Labute approximate surface area is 79.7 Å². The summed E-state index contributed by atoms with van der Waals surface area (Å²) in [6.07, 6.45) is 6.45. The van der Waals surface area contributed by atoms with Crippen LogP contribution in [0.1, 0.15) is 45.4 Å². The Balaban J connectivity index is 2.43. The first kappa shape index (κ1) is 10.1. The van der Waals surface area contributed by atoms with Crippen molar-refractivity contribution in [2.45, 2.75) is 51.6 Å². The van der Waals surface area contributed by atoms with Gasteiger partial charge < -0.3 is 4.74 Å². The molecule has 0 spiro atoms. The van der Waals surface area contributed by atoms with Crippen molar-refractivity contribution >= 4 is 5.97 Å². The van der Waals surface area contributed by atoms with E-state index < -0.39 is 0 Å². The van der Waals surface area contributed by atoms with Gasteiger partial charge in [-0.15, -0.1) is 0 Å². The molecule has 0 aromatic carbocycles. The second kappa shape index (κ2) is 5.64. The van der Waals surface area contributed by atoms with Gasteiger partial charge in [0.15, 0.2) is 6.10 Å². The molecule has 0 saturated heterocycles. The van der Waals surface area contributed by atoms with Crippen LogP contribution >= 0.6 is 0 Å². The van der Waals surface area contributed by atoms with Gasteiger partial charge in [-0.05, 0) is 19.3 Å². The van der Waals surface area contributed by atoms with Gasteiger partial charge in [0.25, 0.3) is 0 Å². The molecule has 2 nitrogen and oxygen atoms in total. The number of carbonyl (C=O) groups is 1. The molecule has 0 aromatic heterocycles. The Bertz CT molecular complexity index is 222. The number of hydrogen-bond acceptors (Lipinski definition) is 2. The van der Waals surface area contributed by atoms with Crippen molar-refractivity contribution in [3.63, 3.8) is 0 Å². The van der Waals surface area contributed by atoms with Crippen LogP contribution in [0.15, 0.2) is 0 Å². The van der Waals surface area contributed by atoms with Gasteiger partial charge in [-0.2, -0.15) is 0 Å². The second-order valence-electron chi connectivity index (χ2n) is 3.37. The quantitative estimate of drug-likeness (QED) is 0.457. The van der Waals surface area contributed by atoms with Crippen LogP contribution in [0.5, 0.6) is 0 Å². The van der Waals surface area contributed by atoms with Crippen LogP contribution in [0.3, 0.4) is 0 Å². The van der Waals surface area contributed by atoms with Crippen LogP contribution in [0.4, 0.5) is 0 Å². The van der Waals surface area contributed by atoms with E-state index in [4.69, 9.17) is 4.74 Å². The lowest BCUT2D eigenvalue weighted by Crippen LogP contribution is -2.13. The average molecular weight is 180 g/mol. The van der Waals surface area contributed by atoms with Gasteiger partial charge in [-0.1, -0.05) is 24.7 Å². The molecule has 0 N–H and O–H groups in total. The Morgan fingerprint density at radius 2 is 2.08 bits per heavy atom. The van der Waals surface area contributed by atoms with E-state index in [1.165, 1.54) is 26.2 Å². The van der Waals surface area contributed by atoms with Gasteiger partial charge in [-0.3, -0.25) is 4.79 Å². The number of rotatable bonds is 1. The molecule has 0 fully saturated rings. The molecule has 2 heteroatoms. The molecule has 1 aliphatic carbocycles. The number of esters is 1. The van der Waals surface area contributed by atoms with E-state index in [-0.39, 0.29) is 12.1 Å². The molecule has 0 saturated carbocycles. The first-order chi connectivity index (χ1) is 6.29. The summed E-state index contributed by atoms with van der Waals surface area (Å²) < 4.78 is 5.07. The Hall–Kier alpha value is -0.970. The van der Waals surface area contributed by atoms with Crippen molar-refractivity contribution < 1.29 is 9.53 Å². The molecular formula is C11H16O2. The smallest absolute Gasteiger partial charge is 0.303 e. The summed E-state index contributed by atoms with van der Waals surface area (Å²) in [6.45, 7) is 1.44. The zero-order chi connectivity index (χ0) is 9.52. The van der Waals surface area contributed by atoms with Gasteiger partial charge in [0.1, 0.15) is 0 Å². The highest BCUT2D eigenvalue weighted by Crippen LogP contribution is 2.11. The molecule has 0 heterocycles. The minimum absolute atomic E-state index is 0.157. The molecular weight excluding hydrogens is 164 g/mol. The molecule has 0 unspecified atom stereocenters. The third-order valence-electron chi connectivity index (χ3n) is 2.09. The SMILES string of the molecule is CC(=O)O[C@@H]1C#CCCCCCC1. The highest BCUT2D eigenvalue weighted by atomic mass is 16.5. The summed E-state index contributed by atoms with van der Waals surface area (Å²) in [4.78, 5) is 10.7. The van der Waals surface area contributed by atoms with Gasteiger partial charge >= 0.3 is 5.97 Å². The third kappa shape index (κ3) is 4.57. The van der Waals surface area contributed by atoms with Crippen LogP contribution in [0, 0.1) is 11.8 Å². The molecule has 0 amide bonds. The van der Waals surface area contributed by atoms with Crippen LogP contribution in [0.2, 0.25) is 0 Å². The Morgan fingerprint density at radius 1 is 1.31 bits per heavy atom. The van der Waals surface area contributed by atoms with E-state index in [1.54, 1.807) is 0 Å². The van der Waals surface area contributed by atoms with Gasteiger partial charge in [0.05, 0.1) is 0 Å². The molecule has 0 aliphatic heterocycles. The van der Waals surface area contributed by atoms with Crippen LogP contribution in [-0.4, -0.2) is 12.1 Å². The lowest BCUT2D eigenvalue weighted by atomic mass is 10.1. The van der Waals surface area contributed by atoms with Gasteiger partial charge in [0, 0.05) is 13.3 Å². The maximum Gasteiger partial charge on any atom is 0.303 e. The Morgan fingerprint density at radius 3 is 2.85 bits per heavy atom. The molecule has 1 aliphatic rings. The van der Waals surface area contributed by atoms with E-state index in [0.717, 1.165) is 19.3 Å². The molecule has 0 aromatic rings. The summed E-state index contributed by atoms with van der Waals surface area (Å²) >= 11 is 0. The lowest BCUT2D eigenvalue weighted by Gasteiger charge is -2.09. The largest absolute Gasteiger partial charge is 0.449 e. The standard InChI is InChI=1S/C11H16O2/c1-10(12)13-11-8-6-4-2-3-5-7-9-11/h11H,2-6,8H2,1H3/t11-/m0/s1. The van der Waals surface area contributed by atoms with E-state index >= 15 is 0 Å². The summed E-state index contributed by atoms with van der Waals surface area (Å²) in [7, 11) is 0. The minimum atomic E-state index is -0.224. The van der Waals surface area contributed by atoms with Crippen molar-refractivity contribution in [3.05, 3.63) is 0 Å². The van der Waals surface area contributed by atoms with E-state index in [1.807, 2.05) is 0 Å². The van der Waals surface area contributed by atoms with E-state index in [0.29, 0.717) is 0 Å². The third-order valence-corrected chi connectivity index (χ3v) is 2.09. The molecule has 72 valence electrons. The molecule has 1 atom stereocenters. The van der Waals surface area contributed by atoms with Crippen molar-refractivity contribution in [2.75, 3.05) is 0 Å². The lowest BCUT2D eigenvalue weighted by molar-refractivity contribution is -0.144. The topological polar surface area (TPSA) is 26.3 Å². The Kier molecular flexibility index (Phi) is 4.39. The van der Waals surface area contributed by atoms with Crippen molar-refractivity contribution in [1.82, 2.24) is 0 Å². The summed E-state index contributed by atoms with van der Waals surface area (Å²) in [5, 5.41) is 0. The first-order valence-corrected chi connectivity index (χ1v) is 4.94. The number of ether oxygens (including phenoxy) is 1. The van der Waals surface area contributed by atoms with Crippen LogP contribution in [0.25, 0.3) is 0 Å². The fourth-order valence-electron chi connectivity index (χ4n) is 1.44. The maximum absolute atomic E-state index is 10.7. The van der Waals surface area contributed by atoms with Crippen molar-refractivity contribution in [1.29, 1.82) is 0 Å².